The summed E-state index contributed by atoms with van der Waals surface area (Å²) in [7, 11) is 0. The fourth-order valence-electron chi connectivity index (χ4n) is 3.74. The van der Waals surface area contributed by atoms with Crippen LogP contribution < -0.4 is 16.0 Å². The molecule has 32 heavy (non-hydrogen) atoms. The van der Waals surface area contributed by atoms with Gasteiger partial charge in [0.25, 0.3) is 0 Å². The minimum atomic E-state index is 0. The van der Waals surface area contributed by atoms with Crippen LogP contribution in [0.1, 0.15) is 36.0 Å². The summed E-state index contributed by atoms with van der Waals surface area (Å²) < 4.78 is 1.80. The van der Waals surface area contributed by atoms with Crippen molar-refractivity contribution in [1.82, 2.24) is 25.4 Å². The average molecular weight is 545 g/mol. The van der Waals surface area contributed by atoms with Gasteiger partial charge >= 0.3 is 0 Å². The topological polar surface area (TPSA) is 96.2 Å². The van der Waals surface area contributed by atoms with Crippen LogP contribution in [0.4, 0.5) is 5.69 Å². The fourth-order valence-corrected chi connectivity index (χ4v) is 3.74. The molecule has 0 saturated carbocycles. The third-order valence-electron chi connectivity index (χ3n) is 5.19. The quantitative estimate of drug-likeness (QED) is 0.241. The minimum Gasteiger partial charge on any atom is -0.357 e. The smallest absolute Gasteiger partial charge is 0.225 e. The van der Waals surface area contributed by atoms with Gasteiger partial charge in [-0.25, -0.2) is 14.7 Å². The van der Waals surface area contributed by atoms with Crippen LogP contribution >= 0.6 is 24.0 Å². The van der Waals surface area contributed by atoms with Crippen molar-refractivity contribution >= 4 is 41.5 Å². The van der Waals surface area contributed by atoms with E-state index in [-0.39, 0.29) is 35.8 Å². The summed E-state index contributed by atoms with van der Waals surface area (Å²) in [4.78, 5) is 20.8. The summed E-state index contributed by atoms with van der Waals surface area (Å²) in [6.07, 6.45) is 3.71. The van der Waals surface area contributed by atoms with E-state index in [1.807, 2.05) is 31.2 Å². The van der Waals surface area contributed by atoms with Crippen molar-refractivity contribution in [2.24, 2.45) is 4.99 Å². The zero-order chi connectivity index (χ0) is 21.5. The third-order valence-corrected chi connectivity index (χ3v) is 5.19. The van der Waals surface area contributed by atoms with Gasteiger partial charge in [0.05, 0.1) is 13.1 Å². The molecule has 0 aliphatic carbocycles. The van der Waals surface area contributed by atoms with Crippen molar-refractivity contribution in [3.63, 3.8) is 0 Å². The second-order valence-corrected chi connectivity index (χ2v) is 7.53. The minimum absolute atomic E-state index is 0. The zero-order valence-corrected chi connectivity index (χ0v) is 20.3. The second kappa shape index (κ2) is 11.6. The molecule has 8 nitrogen and oxygen atoms in total. The van der Waals surface area contributed by atoms with Crippen molar-refractivity contribution in [3.8, 4) is 0 Å². The van der Waals surface area contributed by atoms with E-state index in [0.717, 1.165) is 34.9 Å². The number of benzene rings is 2. The molecule has 3 aromatic rings. The van der Waals surface area contributed by atoms with Crippen LogP contribution in [0.25, 0.3) is 0 Å². The van der Waals surface area contributed by atoms with Gasteiger partial charge in [-0.3, -0.25) is 4.79 Å². The lowest BCUT2D eigenvalue weighted by molar-refractivity contribution is -0.116. The summed E-state index contributed by atoms with van der Waals surface area (Å²) in [5.41, 5.74) is 4.33. The number of para-hydroxylation sites is 1. The first-order valence-corrected chi connectivity index (χ1v) is 10.5. The molecule has 1 unspecified atom stereocenters. The molecule has 0 saturated heterocycles. The van der Waals surface area contributed by atoms with Crippen molar-refractivity contribution in [3.05, 3.63) is 77.9 Å². The largest absolute Gasteiger partial charge is 0.357 e. The maximum Gasteiger partial charge on any atom is 0.225 e. The molecule has 0 bridgehead atoms. The molecule has 1 aliphatic heterocycles. The number of hydrogen-bond acceptors (Lipinski definition) is 4. The van der Waals surface area contributed by atoms with Crippen LogP contribution in [-0.2, 0) is 17.9 Å². The molecule has 1 aliphatic rings. The van der Waals surface area contributed by atoms with Crippen molar-refractivity contribution < 1.29 is 4.79 Å². The van der Waals surface area contributed by atoms with E-state index in [1.165, 1.54) is 6.33 Å². The van der Waals surface area contributed by atoms with Gasteiger partial charge in [-0.2, -0.15) is 5.10 Å². The molecule has 2 aromatic carbocycles. The van der Waals surface area contributed by atoms with Gasteiger partial charge in [0.2, 0.25) is 5.91 Å². The second-order valence-electron chi connectivity index (χ2n) is 7.53. The number of rotatable bonds is 7. The summed E-state index contributed by atoms with van der Waals surface area (Å²) >= 11 is 0. The predicted molar refractivity (Wildman–Crippen MR) is 136 cm³/mol. The van der Waals surface area contributed by atoms with Gasteiger partial charge < -0.3 is 16.0 Å². The Morgan fingerprint density at radius 2 is 2.03 bits per heavy atom. The van der Waals surface area contributed by atoms with Gasteiger partial charge in [0.15, 0.2) is 5.96 Å². The molecule has 9 heteroatoms. The van der Waals surface area contributed by atoms with Gasteiger partial charge in [0, 0.05) is 31.1 Å². The van der Waals surface area contributed by atoms with Gasteiger partial charge in [0.1, 0.15) is 12.7 Å². The molecule has 0 fully saturated rings. The Hall–Kier alpha value is -2.95. The number of halogens is 1. The third kappa shape index (κ3) is 6.28. The first-order valence-electron chi connectivity index (χ1n) is 10.5. The molecule has 1 amide bonds. The lowest BCUT2D eigenvalue weighted by Crippen LogP contribution is -2.40. The number of guanidine groups is 1. The summed E-state index contributed by atoms with van der Waals surface area (Å²) in [6, 6.07) is 16.3. The van der Waals surface area contributed by atoms with Crippen molar-refractivity contribution in [1.29, 1.82) is 0 Å². The van der Waals surface area contributed by atoms with Crippen LogP contribution in [0.3, 0.4) is 0 Å². The molecule has 168 valence electrons. The summed E-state index contributed by atoms with van der Waals surface area (Å²) in [6.45, 7) is 4.68. The molecule has 0 spiro atoms. The Kier molecular flexibility index (Phi) is 8.60. The number of aromatic nitrogens is 3. The summed E-state index contributed by atoms with van der Waals surface area (Å²) in [5.74, 6) is 0.907. The van der Waals surface area contributed by atoms with E-state index in [0.29, 0.717) is 26.1 Å². The Bertz CT molecular complexity index is 1050. The molecule has 1 atom stereocenters. The normalized spacial score (nSPS) is 15.3. The number of anilines is 1. The first kappa shape index (κ1) is 23.7. The maximum absolute atomic E-state index is 12.1. The molecule has 1 aromatic heterocycles. The Morgan fingerprint density at radius 1 is 1.19 bits per heavy atom. The van der Waals surface area contributed by atoms with Gasteiger partial charge in [-0.1, -0.05) is 42.5 Å². The van der Waals surface area contributed by atoms with E-state index in [1.54, 1.807) is 11.0 Å². The monoisotopic (exact) mass is 545 g/mol. The highest BCUT2D eigenvalue weighted by molar-refractivity contribution is 14.0. The van der Waals surface area contributed by atoms with E-state index < -0.39 is 0 Å². The Morgan fingerprint density at radius 3 is 2.84 bits per heavy atom. The fraction of sp³-hybridized carbons (Fsp3) is 0.304. The highest BCUT2D eigenvalue weighted by Gasteiger charge is 2.24. The lowest BCUT2D eigenvalue weighted by Gasteiger charge is -2.26. The number of nitrogens with one attached hydrogen (secondary N) is 3. The number of aliphatic imine (C=N–C) groups is 1. The van der Waals surface area contributed by atoms with Crippen molar-refractivity contribution in [2.45, 2.75) is 32.4 Å². The molecule has 2 heterocycles. The summed E-state index contributed by atoms with van der Waals surface area (Å²) in [5, 5.41) is 13.8. The number of carbonyl (C=O) groups is 1. The van der Waals surface area contributed by atoms with Crippen LogP contribution in [0, 0.1) is 0 Å². The maximum atomic E-state index is 12.1. The first-order chi connectivity index (χ1) is 15.2. The zero-order valence-electron chi connectivity index (χ0n) is 18.0. The Balaban J connectivity index is 0.00000289. The molecule has 4 rings (SSSR count). The van der Waals surface area contributed by atoms with Crippen LogP contribution in [0.5, 0.6) is 0 Å². The number of hydrogen-bond donors (Lipinski definition) is 3. The molecule has 0 radical (unpaired) electrons. The van der Waals surface area contributed by atoms with E-state index >= 15 is 0 Å². The Labute approximate surface area is 205 Å². The number of fused-ring (bicyclic) bond motifs is 1. The molecule has 3 N–H and O–H groups in total. The average Bonchev–Trinajstić information content (AvgIpc) is 3.28. The van der Waals surface area contributed by atoms with Gasteiger partial charge in [-0.15, -0.1) is 24.0 Å². The predicted octanol–water partition coefficient (Wildman–Crippen LogP) is 3.13. The number of carbonyl (C=O) groups excluding carboxylic acids is 1. The van der Waals surface area contributed by atoms with Crippen LogP contribution in [0.15, 0.2) is 66.2 Å². The number of nitrogens with zero attached hydrogens (tertiary/aromatic N) is 4. The molecular weight excluding hydrogens is 517 g/mol. The standard InChI is InChI=1S/C23H27N7O.HI/c1-2-25-23(27-13-19-11-22(31)29-21-9-4-3-8-20(19)21)26-12-17-6-5-7-18(10-17)14-30-16-24-15-28-30;/h3-10,15-16,19H,2,11-14H2,1H3,(H,29,31)(H2,25,26,27);1H. The van der Waals surface area contributed by atoms with E-state index in [9.17, 15) is 4.79 Å². The highest BCUT2D eigenvalue weighted by Crippen LogP contribution is 2.31. The lowest BCUT2D eigenvalue weighted by atomic mass is 9.90. The highest BCUT2D eigenvalue weighted by atomic mass is 127. The van der Waals surface area contributed by atoms with Crippen molar-refractivity contribution in [2.75, 3.05) is 18.4 Å². The van der Waals surface area contributed by atoms with E-state index in [2.05, 4.69) is 50.3 Å². The molecular formula is C23H28IN7O. The number of amides is 1. The van der Waals surface area contributed by atoms with Crippen LogP contribution in [0.2, 0.25) is 0 Å². The SMILES string of the molecule is CCNC(=NCc1cccc(Cn2cncn2)c1)NCC1CC(=O)Nc2ccccc21.I. The van der Waals surface area contributed by atoms with E-state index in [4.69, 9.17) is 4.99 Å². The van der Waals surface area contributed by atoms with Gasteiger partial charge in [-0.05, 0) is 29.7 Å². The van der Waals surface area contributed by atoms with Crippen LogP contribution in [-0.4, -0.2) is 39.7 Å².